The highest BCUT2D eigenvalue weighted by atomic mass is 16.5. The van der Waals surface area contributed by atoms with Crippen LogP contribution in [-0.2, 0) is 9.53 Å². The molecule has 0 saturated carbocycles. The number of aliphatic hydroxyl groups excluding tert-OH is 1. The Hall–Kier alpha value is -2.81. The number of hydrogen-bond acceptors (Lipinski definition) is 5. The van der Waals surface area contributed by atoms with Crippen molar-refractivity contribution in [2.75, 3.05) is 21.2 Å². The molecule has 6 heteroatoms. The maximum absolute atomic E-state index is 11.8. The summed E-state index contributed by atoms with van der Waals surface area (Å²) in [6.07, 6.45) is 0. The van der Waals surface area contributed by atoms with Crippen LogP contribution in [0.2, 0.25) is 0 Å². The van der Waals surface area contributed by atoms with Crippen molar-refractivity contribution in [3.63, 3.8) is 0 Å². The molecule has 1 rings (SSSR count). The van der Waals surface area contributed by atoms with Gasteiger partial charge in [-0.2, -0.15) is 5.26 Å². The van der Waals surface area contributed by atoms with Crippen LogP contribution < -0.4 is 0 Å². The molecule has 0 aliphatic heterocycles. The van der Waals surface area contributed by atoms with Crippen molar-refractivity contribution in [3.8, 4) is 6.07 Å². The average Bonchev–Trinajstić information content (AvgIpc) is 2.46. The second kappa shape index (κ2) is 6.38. The van der Waals surface area contributed by atoms with Crippen LogP contribution in [0, 0.1) is 11.3 Å². The molecule has 0 aromatic heterocycles. The summed E-state index contributed by atoms with van der Waals surface area (Å²) in [5, 5.41) is 19.2. The van der Waals surface area contributed by atoms with Crippen LogP contribution in [0.15, 0.2) is 29.8 Å². The molecule has 20 heavy (non-hydrogen) atoms. The van der Waals surface area contributed by atoms with E-state index in [2.05, 4.69) is 4.74 Å². The Labute approximate surface area is 116 Å². The van der Waals surface area contributed by atoms with Crippen molar-refractivity contribution in [2.24, 2.45) is 0 Å². The number of nitrogens with zero attached hydrogens (tertiary/aromatic N) is 2. The van der Waals surface area contributed by atoms with Gasteiger partial charge in [0.05, 0.1) is 12.7 Å². The zero-order valence-corrected chi connectivity index (χ0v) is 11.4. The Morgan fingerprint density at radius 1 is 1.25 bits per heavy atom. The Bertz CT molecular complexity index is 612. The molecule has 0 saturated heterocycles. The second-order valence-corrected chi connectivity index (χ2v) is 4.07. The van der Waals surface area contributed by atoms with Gasteiger partial charge in [0.15, 0.2) is 5.57 Å². The number of likely N-dealkylation sites (N-methyl/N-ethyl adjacent to an activating group) is 1. The van der Waals surface area contributed by atoms with E-state index in [4.69, 9.17) is 5.26 Å². The monoisotopic (exact) mass is 274 g/mol. The predicted octanol–water partition coefficient (Wildman–Crippen LogP) is 1.35. The van der Waals surface area contributed by atoms with Gasteiger partial charge < -0.3 is 14.7 Å². The maximum Gasteiger partial charge on any atom is 0.338 e. The normalized spacial score (nSPS) is 11.1. The molecule has 0 atom stereocenters. The number of esters is 1. The van der Waals surface area contributed by atoms with Crippen LogP contribution in [-0.4, -0.2) is 43.1 Å². The molecular formula is C14H14N2O4. The van der Waals surface area contributed by atoms with Gasteiger partial charge in [-0.15, -0.1) is 0 Å². The van der Waals surface area contributed by atoms with Crippen LogP contribution in [0.4, 0.5) is 0 Å². The lowest BCUT2D eigenvalue weighted by molar-refractivity contribution is -0.124. The number of carbonyl (C=O) groups excluding carboxylic acids is 2. The fraction of sp³-hybridized carbons (Fsp3) is 0.214. The number of aliphatic hydroxyl groups is 1. The van der Waals surface area contributed by atoms with E-state index >= 15 is 0 Å². The van der Waals surface area contributed by atoms with Gasteiger partial charge in [0, 0.05) is 19.7 Å². The van der Waals surface area contributed by atoms with Gasteiger partial charge in [-0.1, -0.05) is 18.2 Å². The maximum atomic E-state index is 11.8. The van der Waals surface area contributed by atoms with Crippen LogP contribution in [0.25, 0.3) is 5.76 Å². The summed E-state index contributed by atoms with van der Waals surface area (Å²) >= 11 is 0. The smallest absolute Gasteiger partial charge is 0.338 e. The van der Waals surface area contributed by atoms with E-state index in [9.17, 15) is 14.7 Å². The Balaban J connectivity index is 3.47. The van der Waals surface area contributed by atoms with Crippen molar-refractivity contribution in [1.29, 1.82) is 5.26 Å². The molecule has 0 radical (unpaired) electrons. The molecule has 6 nitrogen and oxygen atoms in total. The number of hydrogen-bond donors (Lipinski definition) is 1. The number of methoxy groups -OCH3 is 1. The molecular weight excluding hydrogens is 260 g/mol. The number of carbonyl (C=O) groups is 2. The number of benzene rings is 1. The summed E-state index contributed by atoms with van der Waals surface area (Å²) < 4.78 is 4.60. The first kappa shape index (κ1) is 15.2. The SMILES string of the molecule is COC(=O)c1ccccc1/C(O)=C(\C#N)C(=O)N(C)C. The minimum atomic E-state index is -0.665. The zero-order chi connectivity index (χ0) is 15.3. The van der Waals surface area contributed by atoms with E-state index in [1.54, 1.807) is 18.2 Å². The summed E-state index contributed by atoms with van der Waals surface area (Å²) in [5.74, 6) is -1.86. The molecule has 1 amide bonds. The average molecular weight is 274 g/mol. The van der Waals surface area contributed by atoms with Gasteiger partial charge in [0.2, 0.25) is 0 Å². The standard InChI is InChI=1S/C14H14N2O4/c1-16(2)13(18)11(8-15)12(17)9-6-4-5-7-10(9)14(19)20-3/h4-7,17H,1-3H3/b12-11-. The van der Waals surface area contributed by atoms with Gasteiger partial charge in [-0.05, 0) is 6.07 Å². The highest BCUT2D eigenvalue weighted by Crippen LogP contribution is 2.21. The van der Waals surface area contributed by atoms with Crippen molar-refractivity contribution in [1.82, 2.24) is 4.90 Å². The van der Waals surface area contributed by atoms with E-state index in [-0.39, 0.29) is 11.1 Å². The summed E-state index contributed by atoms with van der Waals surface area (Å²) in [5.41, 5.74) is -0.288. The lowest BCUT2D eigenvalue weighted by Gasteiger charge is -2.12. The molecule has 0 aliphatic carbocycles. The molecule has 1 N–H and O–H groups in total. The first-order valence-electron chi connectivity index (χ1n) is 5.66. The molecule has 0 fully saturated rings. The third kappa shape index (κ3) is 2.95. The van der Waals surface area contributed by atoms with Crippen molar-refractivity contribution in [2.45, 2.75) is 0 Å². The number of ether oxygens (including phenoxy) is 1. The van der Waals surface area contributed by atoms with E-state index in [0.717, 1.165) is 4.90 Å². The largest absolute Gasteiger partial charge is 0.506 e. The molecule has 1 aromatic rings. The van der Waals surface area contributed by atoms with Crippen molar-refractivity contribution >= 4 is 17.6 Å². The second-order valence-electron chi connectivity index (χ2n) is 4.07. The van der Waals surface area contributed by atoms with E-state index < -0.39 is 23.2 Å². The molecule has 0 unspecified atom stereocenters. The fourth-order valence-electron chi connectivity index (χ4n) is 1.54. The zero-order valence-electron chi connectivity index (χ0n) is 11.4. The predicted molar refractivity (Wildman–Crippen MR) is 71.6 cm³/mol. The minimum Gasteiger partial charge on any atom is -0.506 e. The van der Waals surface area contributed by atoms with Gasteiger partial charge >= 0.3 is 5.97 Å². The van der Waals surface area contributed by atoms with Crippen LogP contribution in [0.3, 0.4) is 0 Å². The van der Waals surface area contributed by atoms with Crippen LogP contribution in [0.1, 0.15) is 15.9 Å². The minimum absolute atomic E-state index is 0.0751. The van der Waals surface area contributed by atoms with Crippen molar-refractivity contribution in [3.05, 3.63) is 41.0 Å². The van der Waals surface area contributed by atoms with Gasteiger partial charge in [-0.3, -0.25) is 4.79 Å². The Morgan fingerprint density at radius 3 is 2.25 bits per heavy atom. The first-order valence-corrected chi connectivity index (χ1v) is 5.66. The Morgan fingerprint density at radius 2 is 1.80 bits per heavy atom. The van der Waals surface area contributed by atoms with Gasteiger partial charge in [-0.25, -0.2) is 4.79 Å². The summed E-state index contributed by atoms with van der Waals surface area (Å²) in [7, 11) is 4.12. The highest BCUT2D eigenvalue weighted by molar-refractivity contribution is 6.05. The van der Waals surface area contributed by atoms with Gasteiger partial charge in [0.1, 0.15) is 11.8 Å². The van der Waals surface area contributed by atoms with Crippen molar-refractivity contribution < 1.29 is 19.4 Å². The number of rotatable bonds is 3. The third-order valence-electron chi connectivity index (χ3n) is 2.56. The molecule has 0 aliphatic rings. The molecule has 0 bridgehead atoms. The van der Waals surface area contributed by atoms with Crippen LogP contribution in [0.5, 0.6) is 0 Å². The third-order valence-corrected chi connectivity index (χ3v) is 2.56. The number of amides is 1. The quantitative estimate of drug-likeness (QED) is 0.389. The molecule has 104 valence electrons. The molecule has 0 spiro atoms. The number of nitriles is 1. The molecule has 1 aromatic carbocycles. The van der Waals surface area contributed by atoms with Gasteiger partial charge in [0.25, 0.3) is 5.91 Å². The van der Waals surface area contributed by atoms with E-state index in [1.807, 2.05) is 0 Å². The fourth-order valence-corrected chi connectivity index (χ4v) is 1.54. The first-order chi connectivity index (χ1) is 9.43. The summed E-state index contributed by atoms with van der Waals surface area (Å²) in [4.78, 5) is 24.6. The lowest BCUT2D eigenvalue weighted by Crippen LogP contribution is -2.24. The van der Waals surface area contributed by atoms with E-state index in [1.165, 1.54) is 33.3 Å². The Kier molecular flexibility index (Phi) is 4.87. The van der Waals surface area contributed by atoms with Crippen LogP contribution >= 0.6 is 0 Å². The summed E-state index contributed by atoms with van der Waals surface area (Å²) in [6, 6.07) is 7.68. The van der Waals surface area contributed by atoms with E-state index in [0.29, 0.717) is 0 Å². The highest BCUT2D eigenvalue weighted by Gasteiger charge is 2.22. The lowest BCUT2D eigenvalue weighted by atomic mass is 10.0. The molecule has 0 heterocycles. The summed E-state index contributed by atoms with van der Waals surface area (Å²) in [6.45, 7) is 0. The topological polar surface area (TPSA) is 90.6 Å².